The van der Waals surface area contributed by atoms with Gasteiger partial charge in [-0.3, -0.25) is 4.79 Å². The van der Waals surface area contributed by atoms with Gasteiger partial charge in [-0.25, -0.2) is 0 Å². The number of aromatic nitrogens is 3. The first kappa shape index (κ1) is 23.9. The predicted octanol–water partition coefficient (Wildman–Crippen LogP) is 5.65. The molecule has 2 aromatic rings. The Morgan fingerprint density at radius 1 is 1.21 bits per heavy atom. The SMILES string of the molecule is Cc1ccc(NC(=O)C[C@H](CCO)c2nnc([C@H]3C[C@@H](CC(C)(C)C)C3)n2C2CC2)c(C)c1. The van der Waals surface area contributed by atoms with Crippen LogP contribution in [-0.2, 0) is 4.79 Å². The molecule has 0 spiro atoms. The molecule has 2 saturated carbocycles. The second kappa shape index (κ2) is 9.57. The molecule has 6 nitrogen and oxygen atoms in total. The maximum absolute atomic E-state index is 12.9. The van der Waals surface area contributed by atoms with Crippen LogP contribution in [0.4, 0.5) is 5.69 Å². The van der Waals surface area contributed by atoms with Gasteiger partial charge in [0.2, 0.25) is 5.91 Å². The summed E-state index contributed by atoms with van der Waals surface area (Å²) in [5.41, 5.74) is 3.44. The van der Waals surface area contributed by atoms with E-state index in [1.807, 2.05) is 26.0 Å². The van der Waals surface area contributed by atoms with Crippen LogP contribution < -0.4 is 5.32 Å². The first-order valence-corrected chi connectivity index (χ1v) is 12.6. The average molecular weight is 453 g/mol. The van der Waals surface area contributed by atoms with Gasteiger partial charge in [-0.1, -0.05) is 38.5 Å². The molecule has 180 valence electrons. The quantitative estimate of drug-likeness (QED) is 0.515. The molecule has 33 heavy (non-hydrogen) atoms. The normalized spacial score (nSPS) is 21.5. The number of anilines is 1. The van der Waals surface area contributed by atoms with E-state index in [0.29, 0.717) is 30.2 Å². The lowest BCUT2D eigenvalue weighted by atomic mass is 9.68. The van der Waals surface area contributed by atoms with Crippen LogP contribution in [0.15, 0.2) is 18.2 Å². The van der Waals surface area contributed by atoms with Gasteiger partial charge in [0.05, 0.1) is 0 Å². The summed E-state index contributed by atoms with van der Waals surface area (Å²) < 4.78 is 2.34. The minimum absolute atomic E-state index is 0.0332. The van der Waals surface area contributed by atoms with Crippen LogP contribution in [0.1, 0.15) is 106 Å². The Morgan fingerprint density at radius 2 is 1.94 bits per heavy atom. The van der Waals surface area contributed by atoms with Crippen LogP contribution in [0, 0.1) is 25.2 Å². The van der Waals surface area contributed by atoms with Crippen LogP contribution in [0.2, 0.25) is 0 Å². The number of aliphatic hydroxyl groups excluding tert-OH is 1. The molecule has 1 aromatic heterocycles. The van der Waals surface area contributed by atoms with E-state index in [0.717, 1.165) is 41.7 Å². The molecule has 2 aliphatic carbocycles. The number of amides is 1. The Labute approximate surface area is 198 Å². The topological polar surface area (TPSA) is 80.0 Å². The van der Waals surface area contributed by atoms with Crippen molar-refractivity contribution in [2.24, 2.45) is 11.3 Å². The van der Waals surface area contributed by atoms with Gasteiger partial charge in [-0.05, 0) is 75.3 Å². The molecule has 1 atom stereocenters. The van der Waals surface area contributed by atoms with Crippen LogP contribution in [0.5, 0.6) is 0 Å². The first-order chi connectivity index (χ1) is 15.6. The number of aryl methyl sites for hydroxylation is 2. The molecule has 4 rings (SSSR count). The molecule has 2 N–H and O–H groups in total. The second-order valence-electron chi connectivity index (χ2n) is 11.6. The van der Waals surface area contributed by atoms with Gasteiger partial charge in [0, 0.05) is 36.6 Å². The summed E-state index contributed by atoms with van der Waals surface area (Å²) in [5.74, 6) is 3.05. The number of aliphatic hydroxyl groups is 1. The Bertz CT molecular complexity index is 980. The maximum Gasteiger partial charge on any atom is 0.225 e. The number of nitrogens with zero attached hydrogens (tertiary/aromatic N) is 3. The molecule has 0 radical (unpaired) electrons. The lowest BCUT2D eigenvalue weighted by molar-refractivity contribution is -0.116. The lowest BCUT2D eigenvalue weighted by Gasteiger charge is -2.38. The van der Waals surface area contributed by atoms with E-state index in [-0.39, 0.29) is 18.4 Å². The van der Waals surface area contributed by atoms with E-state index in [9.17, 15) is 9.90 Å². The Hall–Kier alpha value is -2.21. The summed E-state index contributed by atoms with van der Waals surface area (Å²) in [6.45, 7) is 11.0. The monoisotopic (exact) mass is 452 g/mol. The maximum atomic E-state index is 12.9. The minimum atomic E-state index is -0.131. The van der Waals surface area contributed by atoms with Crippen molar-refractivity contribution in [1.82, 2.24) is 14.8 Å². The molecule has 1 heterocycles. The molecule has 1 aromatic carbocycles. The largest absolute Gasteiger partial charge is 0.396 e. The third kappa shape index (κ3) is 5.84. The van der Waals surface area contributed by atoms with Crippen molar-refractivity contribution in [2.75, 3.05) is 11.9 Å². The summed E-state index contributed by atoms with van der Waals surface area (Å²) in [6.07, 6.45) is 6.73. The fraction of sp³-hybridized carbons (Fsp3) is 0.667. The number of nitrogens with one attached hydrogen (secondary N) is 1. The molecular weight excluding hydrogens is 412 g/mol. The molecule has 0 aliphatic heterocycles. The van der Waals surface area contributed by atoms with Gasteiger partial charge in [-0.2, -0.15) is 0 Å². The minimum Gasteiger partial charge on any atom is -0.396 e. The molecule has 6 heteroatoms. The van der Waals surface area contributed by atoms with Crippen LogP contribution in [-0.4, -0.2) is 32.4 Å². The van der Waals surface area contributed by atoms with E-state index in [2.05, 4.69) is 46.9 Å². The highest BCUT2D eigenvalue weighted by molar-refractivity contribution is 5.92. The molecule has 1 amide bonds. The van der Waals surface area contributed by atoms with E-state index >= 15 is 0 Å². The van der Waals surface area contributed by atoms with Crippen molar-refractivity contribution in [3.63, 3.8) is 0 Å². The van der Waals surface area contributed by atoms with Gasteiger partial charge in [0.15, 0.2) is 0 Å². The Balaban J connectivity index is 1.48. The zero-order chi connectivity index (χ0) is 23.8. The fourth-order valence-electron chi connectivity index (χ4n) is 5.42. The number of carbonyl (C=O) groups excluding carboxylic acids is 1. The third-order valence-electron chi connectivity index (χ3n) is 7.09. The first-order valence-electron chi connectivity index (χ1n) is 12.6. The third-order valence-corrected chi connectivity index (χ3v) is 7.09. The van der Waals surface area contributed by atoms with E-state index in [1.165, 1.54) is 24.8 Å². The molecular formula is C27H40N4O2. The molecule has 0 unspecified atom stereocenters. The summed E-state index contributed by atoms with van der Waals surface area (Å²) >= 11 is 0. The van der Waals surface area contributed by atoms with E-state index < -0.39 is 0 Å². The summed E-state index contributed by atoms with van der Waals surface area (Å²) in [7, 11) is 0. The van der Waals surface area contributed by atoms with Crippen molar-refractivity contribution in [3.8, 4) is 0 Å². The standard InChI is InChI=1S/C27H40N4O2/c1-17-6-9-23(18(2)12-17)28-24(33)15-20(10-11-32)25-29-30-26(31(25)22-7-8-22)21-13-19(14-21)16-27(3,4)5/h6,9,12,19-22,32H,7-8,10-11,13-16H2,1-5H3,(H,28,33)/t19-,20-,21+/m0/s1. The van der Waals surface area contributed by atoms with Crippen molar-refractivity contribution in [2.45, 2.75) is 97.4 Å². The number of hydrogen-bond acceptors (Lipinski definition) is 4. The highest BCUT2D eigenvalue weighted by atomic mass is 16.3. The van der Waals surface area contributed by atoms with Gasteiger partial charge in [-0.15, -0.1) is 10.2 Å². The van der Waals surface area contributed by atoms with Crippen LogP contribution in [0.3, 0.4) is 0 Å². The zero-order valence-corrected chi connectivity index (χ0v) is 20.9. The highest BCUT2D eigenvalue weighted by Gasteiger charge is 2.40. The van der Waals surface area contributed by atoms with Crippen molar-refractivity contribution in [1.29, 1.82) is 0 Å². The van der Waals surface area contributed by atoms with Crippen LogP contribution >= 0.6 is 0 Å². The van der Waals surface area contributed by atoms with Crippen LogP contribution in [0.25, 0.3) is 0 Å². The number of carbonyl (C=O) groups is 1. The highest BCUT2D eigenvalue weighted by Crippen LogP contribution is 2.49. The van der Waals surface area contributed by atoms with Gasteiger partial charge in [0.25, 0.3) is 0 Å². The predicted molar refractivity (Wildman–Crippen MR) is 131 cm³/mol. The zero-order valence-electron chi connectivity index (χ0n) is 20.9. The number of benzene rings is 1. The summed E-state index contributed by atoms with van der Waals surface area (Å²) in [4.78, 5) is 12.9. The van der Waals surface area contributed by atoms with Gasteiger partial charge >= 0.3 is 0 Å². The fourth-order valence-corrected chi connectivity index (χ4v) is 5.42. The van der Waals surface area contributed by atoms with E-state index in [4.69, 9.17) is 0 Å². The Kier molecular flexibility index (Phi) is 6.94. The van der Waals surface area contributed by atoms with Crippen molar-refractivity contribution >= 4 is 11.6 Å². The molecule has 0 saturated heterocycles. The van der Waals surface area contributed by atoms with Gasteiger partial charge in [0.1, 0.15) is 11.6 Å². The average Bonchev–Trinajstić information content (AvgIpc) is 3.44. The molecule has 2 aliphatic rings. The lowest BCUT2D eigenvalue weighted by Crippen LogP contribution is -2.28. The van der Waals surface area contributed by atoms with Crippen molar-refractivity contribution < 1.29 is 9.90 Å². The van der Waals surface area contributed by atoms with Crippen molar-refractivity contribution in [3.05, 3.63) is 41.0 Å². The molecule has 2 fully saturated rings. The number of hydrogen-bond donors (Lipinski definition) is 2. The Morgan fingerprint density at radius 3 is 2.55 bits per heavy atom. The number of rotatable bonds is 9. The smallest absolute Gasteiger partial charge is 0.225 e. The van der Waals surface area contributed by atoms with Gasteiger partial charge < -0.3 is 15.0 Å². The second-order valence-corrected chi connectivity index (χ2v) is 11.6. The summed E-state index contributed by atoms with van der Waals surface area (Å²) in [5, 5.41) is 22.1. The molecule has 0 bridgehead atoms. The van der Waals surface area contributed by atoms with E-state index in [1.54, 1.807) is 0 Å². The summed E-state index contributed by atoms with van der Waals surface area (Å²) in [6, 6.07) is 6.49.